The topological polar surface area (TPSA) is 50.9 Å². The van der Waals surface area contributed by atoms with E-state index < -0.39 is 122 Å². The average molecular weight is 1020 g/mol. The van der Waals surface area contributed by atoms with E-state index in [2.05, 4.69) is 11.1 Å². The number of aromatic nitrogens is 3. The number of phenolic OH excluding ortho intramolecular Hbond substituents is 1. The van der Waals surface area contributed by atoms with Crippen LogP contribution in [-0.2, 0) is 37.3 Å². The van der Waals surface area contributed by atoms with E-state index in [0.717, 1.165) is 0 Å². The first-order valence-electron chi connectivity index (χ1n) is 31.5. The molecule has 8 aromatic rings. The maximum absolute atomic E-state index is 13.0. The third-order valence-electron chi connectivity index (χ3n) is 10.6. The summed E-state index contributed by atoms with van der Waals surface area (Å²) in [7, 11) is 0. The van der Waals surface area contributed by atoms with Gasteiger partial charge in [-0.3, -0.25) is 9.55 Å². The van der Waals surface area contributed by atoms with Crippen molar-refractivity contribution in [3.63, 3.8) is 0 Å². The van der Waals surface area contributed by atoms with Gasteiger partial charge in [0.05, 0.1) is 29.1 Å². The second-order valence-corrected chi connectivity index (χ2v) is 16.3. The van der Waals surface area contributed by atoms with Crippen molar-refractivity contribution in [3.05, 3.63) is 168 Å². The summed E-state index contributed by atoms with van der Waals surface area (Å²) in [6.45, 7) is -15.9. The average Bonchev–Trinajstić information content (AvgIpc) is 0.784. The molecule has 0 spiro atoms. The summed E-state index contributed by atoms with van der Waals surface area (Å²) < 4.78 is 210. The summed E-state index contributed by atoms with van der Waals surface area (Å²) in [5.74, 6) is -3.22. The molecule has 1 N–H and O–H groups in total. The number of nitrogens with zero attached hydrogens (tertiary/aromatic N) is 3. The van der Waals surface area contributed by atoms with E-state index in [1.165, 1.54) is 16.8 Å². The molecule has 0 aliphatic carbocycles. The predicted octanol–water partition coefficient (Wildman–Crippen LogP) is 15.3. The molecule has 2 aromatic heterocycles. The zero-order valence-corrected chi connectivity index (χ0v) is 36.8. The van der Waals surface area contributed by atoms with Crippen molar-refractivity contribution in [2.75, 3.05) is 0 Å². The summed E-state index contributed by atoms with van der Waals surface area (Å²) in [6.07, 6.45) is 1.41. The number of fused-ring (bicyclic) bond motifs is 1. The van der Waals surface area contributed by atoms with Crippen molar-refractivity contribution in [3.8, 4) is 67.5 Å². The number of rotatable bonds is 7. The normalized spacial score (nSPS) is 19.2. The molecule has 62 heavy (non-hydrogen) atoms. The van der Waals surface area contributed by atoms with Crippen LogP contribution in [0.4, 0.5) is 0 Å². The summed E-state index contributed by atoms with van der Waals surface area (Å²) in [6, 6.07) is 26.7. The zero-order chi connectivity index (χ0) is 63.7. The van der Waals surface area contributed by atoms with Gasteiger partial charge in [0.25, 0.3) is 0 Å². The molecule has 0 radical (unpaired) electrons. The Bertz CT molecular complexity index is 3820. The Kier molecular flexibility index (Phi) is 6.34. The maximum Gasteiger partial charge on any atom is 0.148 e. The van der Waals surface area contributed by atoms with Gasteiger partial charge in [-0.25, -0.2) is 4.98 Å². The third-order valence-corrected chi connectivity index (χ3v) is 10.6. The Morgan fingerprint density at radius 2 is 1.39 bits per heavy atom. The fourth-order valence-electron chi connectivity index (χ4n) is 7.35. The van der Waals surface area contributed by atoms with E-state index in [4.69, 9.17) is 37.9 Å². The molecule has 2 heterocycles. The number of hydrogen-bond donors (Lipinski definition) is 1. The Labute approximate surface area is 417 Å². The van der Waals surface area contributed by atoms with Crippen LogP contribution in [0.15, 0.2) is 140 Å². The smallest absolute Gasteiger partial charge is 0.148 e. The Morgan fingerprint density at radius 1 is 0.677 bits per heavy atom. The molecule has 0 saturated heterocycles. The molecular weight excluding hydrogens is 938 g/mol. The zero-order valence-electron chi connectivity index (χ0n) is 58.5. The SMILES string of the molecule is [2H]c1c([2H])c([2H])c(-c2ccnc(-c3[c-]c(-c4cccc5c4nc(-c4cc(C(C([2H])([2H])[2H])(C([2H])([2H])[2H])C([2H])([2H])[2H])cc(C(C([2H])([2H])[2H])(C([2H])([2H])[2H])C([2H])([2H])[2H])c4O)n5-c4ccc(C([2H])(C)C)cc4-c4ccccc4)cc(C(C)(C)C)c3)c2)c([2H])c1[2H].[Pt]. The number of phenols is 1. The number of pyridine rings is 1. The van der Waals surface area contributed by atoms with Crippen molar-refractivity contribution >= 4 is 11.0 Å². The van der Waals surface area contributed by atoms with Crippen molar-refractivity contribution in [2.24, 2.45) is 0 Å². The van der Waals surface area contributed by atoms with Crippen LogP contribution in [0.25, 0.3) is 72.7 Å². The molecule has 0 bridgehead atoms. The van der Waals surface area contributed by atoms with Gasteiger partial charge in [-0.1, -0.05) is 178 Å². The fourth-order valence-corrected chi connectivity index (χ4v) is 7.35. The van der Waals surface area contributed by atoms with Gasteiger partial charge in [-0.05, 0) is 80.3 Å². The first-order valence-corrected chi connectivity index (χ1v) is 19.5. The van der Waals surface area contributed by atoms with Gasteiger partial charge < -0.3 is 5.11 Å². The number of imidazole rings is 1. The molecule has 0 amide bonds. The van der Waals surface area contributed by atoms with Crippen LogP contribution < -0.4 is 0 Å². The van der Waals surface area contributed by atoms with Crippen LogP contribution in [0.3, 0.4) is 0 Å². The molecule has 4 nitrogen and oxygen atoms in total. The second-order valence-electron chi connectivity index (χ2n) is 16.3. The van der Waals surface area contributed by atoms with Crippen LogP contribution in [-0.4, -0.2) is 19.6 Å². The summed E-state index contributed by atoms with van der Waals surface area (Å²) >= 11 is 0. The van der Waals surface area contributed by atoms with Gasteiger partial charge >= 0.3 is 0 Å². The van der Waals surface area contributed by atoms with Crippen molar-refractivity contribution in [2.45, 2.75) is 97.9 Å². The van der Waals surface area contributed by atoms with Gasteiger partial charge in [0.1, 0.15) is 11.6 Å². The van der Waals surface area contributed by atoms with E-state index in [9.17, 15) is 5.11 Å². The molecule has 0 saturated carbocycles. The van der Waals surface area contributed by atoms with E-state index in [-0.39, 0.29) is 66.2 Å². The Balaban J connectivity index is 0.0000106. The van der Waals surface area contributed by atoms with Crippen LogP contribution in [0.5, 0.6) is 5.75 Å². The maximum atomic E-state index is 13.0. The molecule has 0 fully saturated rings. The van der Waals surface area contributed by atoms with Crippen molar-refractivity contribution < 1.29 is 59.1 Å². The molecule has 6 aromatic carbocycles. The molecule has 0 aliphatic rings. The first kappa shape index (κ1) is 23.2. The third kappa shape index (κ3) is 8.73. The number of para-hydroxylation sites is 1. The van der Waals surface area contributed by atoms with Crippen molar-refractivity contribution in [1.82, 2.24) is 14.5 Å². The molecule has 0 aliphatic heterocycles. The summed E-state index contributed by atoms with van der Waals surface area (Å²) in [5.41, 5.74) is -8.97. The summed E-state index contributed by atoms with van der Waals surface area (Å²) in [4.78, 5) is 9.73. The Morgan fingerprint density at radius 3 is 2.08 bits per heavy atom. The summed E-state index contributed by atoms with van der Waals surface area (Å²) in [5, 5.41) is 13.0. The van der Waals surface area contributed by atoms with E-state index in [0.29, 0.717) is 39.4 Å². The van der Waals surface area contributed by atoms with Crippen molar-refractivity contribution in [1.29, 1.82) is 0 Å². The van der Waals surface area contributed by atoms with Gasteiger partial charge in [0.2, 0.25) is 0 Å². The molecule has 0 unspecified atom stereocenters. The predicted molar refractivity (Wildman–Crippen MR) is 257 cm³/mol. The minimum atomic E-state index is -4.21. The Hall–Kier alpha value is -5.57. The number of hydrogen-bond acceptors (Lipinski definition) is 3. The van der Waals surface area contributed by atoms with Crippen LogP contribution in [0.2, 0.25) is 0 Å². The molecule has 8 rings (SSSR count). The van der Waals surface area contributed by atoms with Gasteiger partial charge in [0.15, 0.2) is 0 Å². The minimum Gasteiger partial charge on any atom is -0.507 e. The molecule has 0 atom stereocenters. The van der Waals surface area contributed by atoms with Crippen LogP contribution in [0.1, 0.15) is 137 Å². The number of aromatic hydroxyl groups is 1. The van der Waals surface area contributed by atoms with Crippen LogP contribution in [0, 0.1) is 6.07 Å². The largest absolute Gasteiger partial charge is 0.507 e. The van der Waals surface area contributed by atoms with E-state index in [1.54, 1.807) is 98.8 Å². The van der Waals surface area contributed by atoms with Gasteiger partial charge in [0, 0.05) is 70.1 Å². The first-order chi connectivity index (χ1) is 38.8. The second kappa shape index (κ2) is 16.9. The van der Waals surface area contributed by atoms with Gasteiger partial charge in [-0.15, -0.1) is 29.3 Å². The molecule has 318 valence electrons. The standard InChI is InChI=1S/C57H58N3O.Pt/c1-36(2)39-25-26-50(46(32-39)38-21-16-13-17-22-38)60-51-24-18-23-45(52(51)59-54(60)47-34-44(56(6,7)8)35-48(53(47)61)57(9,10)11)41-29-42(31-43(30-41)55(3,4)5)49-33-40(27-28-58-49)37-19-14-12-15-20-37;/h12-28,30-36,61H,1-11H3;/q-1;/i6D3,7D3,8D3,9D3,10D3,11D3,12D,14D,15D,19D,20D,36D;. The molecule has 5 heteroatoms. The quantitative estimate of drug-likeness (QED) is 0.162. The van der Waals surface area contributed by atoms with Crippen LogP contribution >= 0.6 is 0 Å². The van der Waals surface area contributed by atoms with E-state index >= 15 is 0 Å². The number of benzene rings is 6. The molecular formula is C57H58N3OPt-. The monoisotopic (exact) mass is 1020 g/mol. The van der Waals surface area contributed by atoms with Gasteiger partial charge in [-0.2, -0.15) is 0 Å². The minimum absolute atomic E-state index is 0. The van der Waals surface area contributed by atoms with E-state index in [1.807, 2.05) is 20.8 Å². The fraction of sp³-hybridized carbons (Fsp3) is 0.263.